The van der Waals surface area contributed by atoms with Gasteiger partial charge in [0.1, 0.15) is 17.2 Å². The average Bonchev–Trinajstić information content (AvgIpc) is 3.02. The third-order valence-electron chi connectivity index (χ3n) is 6.85. The number of hydrazine groups is 1. The van der Waals surface area contributed by atoms with Gasteiger partial charge in [-0.3, -0.25) is 30.6 Å². The molecule has 3 aromatic rings. The number of pyridine rings is 1. The van der Waals surface area contributed by atoms with Crippen molar-refractivity contribution in [2.75, 3.05) is 5.32 Å². The molecular weight excluding hydrogens is 655 g/mol. The van der Waals surface area contributed by atoms with Crippen molar-refractivity contribution >= 4 is 23.3 Å². The number of benzene rings is 2. The zero-order valence-electron chi connectivity index (χ0n) is 24.8. The Bertz CT molecular complexity index is 1630. The minimum atomic E-state index is -5.37. The fourth-order valence-electron chi connectivity index (χ4n) is 4.40. The highest BCUT2D eigenvalue weighted by molar-refractivity contribution is 5.98. The fraction of sp³-hybridized carbons (Fsp3) is 0.258. The number of aromatic nitrogens is 1. The highest BCUT2D eigenvalue weighted by atomic mass is 19.4. The number of anilines is 1. The first-order valence-corrected chi connectivity index (χ1v) is 13.9. The Hall–Kier alpha value is -5.32. The molecule has 0 saturated carbocycles. The number of ether oxygens (including phenoxy) is 1. The number of amides is 2. The van der Waals surface area contributed by atoms with Gasteiger partial charge in [0.25, 0.3) is 11.8 Å². The molecule has 0 bridgehead atoms. The van der Waals surface area contributed by atoms with Crippen LogP contribution in [0.25, 0.3) is 0 Å². The van der Waals surface area contributed by atoms with Crippen LogP contribution in [0.2, 0.25) is 0 Å². The van der Waals surface area contributed by atoms with Crippen LogP contribution >= 0.6 is 0 Å². The number of alkyl halides is 6. The molecule has 48 heavy (non-hydrogen) atoms. The molecule has 10 nitrogen and oxygen atoms in total. The Balaban J connectivity index is 2.01. The predicted molar refractivity (Wildman–Crippen MR) is 159 cm³/mol. The van der Waals surface area contributed by atoms with Crippen molar-refractivity contribution in [3.63, 3.8) is 0 Å². The van der Waals surface area contributed by atoms with E-state index < -0.39 is 82.3 Å². The van der Waals surface area contributed by atoms with Crippen LogP contribution in [-0.4, -0.2) is 33.5 Å². The van der Waals surface area contributed by atoms with E-state index in [0.29, 0.717) is 0 Å². The van der Waals surface area contributed by atoms with E-state index in [0.717, 1.165) is 18.2 Å². The first kappa shape index (κ1) is 37.1. The van der Waals surface area contributed by atoms with E-state index in [2.05, 4.69) is 23.5 Å². The molecule has 2 aromatic carbocycles. The van der Waals surface area contributed by atoms with Crippen molar-refractivity contribution < 1.29 is 50.0 Å². The molecule has 0 aliphatic heterocycles. The largest absolute Gasteiger partial charge is 0.426 e. The number of rotatable bonds is 14. The summed E-state index contributed by atoms with van der Waals surface area (Å²) in [5, 5.41) is 14.2. The van der Waals surface area contributed by atoms with Crippen LogP contribution < -0.4 is 16.2 Å². The number of hydrogen-bond acceptors (Lipinski definition) is 7. The maximum atomic E-state index is 14.4. The number of nitro groups is 1. The van der Waals surface area contributed by atoms with Crippen LogP contribution in [0.1, 0.15) is 52.5 Å². The van der Waals surface area contributed by atoms with Crippen LogP contribution in [0.5, 0.6) is 0 Å². The van der Waals surface area contributed by atoms with Crippen molar-refractivity contribution in [2.24, 2.45) is 0 Å². The summed E-state index contributed by atoms with van der Waals surface area (Å²) < 4.78 is 104. The summed E-state index contributed by atoms with van der Waals surface area (Å²) in [5.41, 5.74) is -4.39. The van der Waals surface area contributed by atoms with Crippen LogP contribution in [0.4, 0.5) is 42.2 Å². The molecule has 1 heterocycles. The average molecular weight is 684 g/mol. The molecule has 0 radical (unpaired) electrons. The zero-order chi connectivity index (χ0) is 35.7. The predicted octanol–water partition coefficient (Wildman–Crippen LogP) is 7.12. The van der Waals surface area contributed by atoms with Crippen LogP contribution in [0, 0.1) is 15.9 Å². The van der Waals surface area contributed by atoms with Crippen molar-refractivity contribution in [3.8, 4) is 0 Å². The van der Waals surface area contributed by atoms with Gasteiger partial charge in [-0.25, -0.2) is 9.37 Å². The second-order valence-corrected chi connectivity index (χ2v) is 10.1. The van der Waals surface area contributed by atoms with Crippen LogP contribution in [-0.2, 0) is 22.3 Å². The molecule has 0 aliphatic carbocycles. The molecule has 2 amide bonds. The first-order valence-electron chi connectivity index (χ1n) is 13.9. The topological polar surface area (TPSA) is 135 Å². The lowest BCUT2D eigenvalue weighted by Gasteiger charge is -2.34. The highest BCUT2D eigenvalue weighted by Crippen LogP contribution is 2.40. The summed E-state index contributed by atoms with van der Waals surface area (Å²) in [6.45, 7) is 6.17. The molecule has 3 N–H and O–H groups in total. The van der Waals surface area contributed by atoms with Gasteiger partial charge in [0.2, 0.25) is 11.3 Å². The van der Waals surface area contributed by atoms with Gasteiger partial charge in [-0.05, 0) is 42.5 Å². The summed E-state index contributed by atoms with van der Waals surface area (Å²) in [6, 6.07) is 11.0. The molecule has 2 atom stereocenters. The summed E-state index contributed by atoms with van der Waals surface area (Å²) >= 11 is 0. The fourth-order valence-corrected chi connectivity index (χ4v) is 4.40. The minimum Gasteiger partial charge on any atom is -0.362 e. The van der Waals surface area contributed by atoms with Gasteiger partial charge in [-0.1, -0.05) is 54.6 Å². The van der Waals surface area contributed by atoms with E-state index in [1.54, 1.807) is 11.5 Å². The molecule has 0 fully saturated rings. The smallest absolute Gasteiger partial charge is 0.362 e. The van der Waals surface area contributed by atoms with E-state index in [1.807, 2.05) is 0 Å². The van der Waals surface area contributed by atoms with E-state index in [4.69, 9.17) is 4.74 Å². The second-order valence-electron chi connectivity index (χ2n) is 10.1. The van der Waals surface area contributed by atoms with Crippen molar-refractivity contribution in [1.82, 2.24) is 15.8 Å². The Morgan fingerprint density at radius 3 is 2.17 bits per heavy atom. The highest BCUT2D eigenvalue weighted by Gasteiger charge is 2.61. The minimum absolute atomic E-state index is 0.00869. The van der Waals surface area contributed by atoms with Gasteiger partial charge in [0, 0.05) is 6.07 Å². The van der Waals surface area contributed by atoms with Gasteiger partial charge >= 0.3 is 18.0 Å². The molecule has 0 spiro atoms. The monoisotopic (exact) mass is 683 g/mol. The third kappa shape index (κ3) is 8.93. The molecule has 0 aliphatic rings. The normalized spacial score (nSPS) is 13.5. The molecule has 0 saturated heterocycles. The van der Waals surface area contributed by atoms with Gasteiger partial charge in [-0.15, -0.1) is 13.2 Å². The van der Waals surface area contributed by atoms with Crippen LogP contribution in [0.3, 0.4) is 0 Å². The summed E-state index contributed by atoms with van der Waals surface area (Å²) in [6.07, 6.45) is -9.65. The summed E-state index contributed by atoms with van der Waals surface area (Å²) in [5.74, 6) is -5.39. The Morgan fingerprint density at radius 2 is 1.62 bits per heavy atom. The Labute approximate surface area is 268 Å². The molecule has 1 unspecified atom stereocenters. The standard InChI is InChI=1S/C31H28F7N5O5/c1-3-5-16-29(31(36,37)38,48-18-19-10-7-6-8-11-19)28(45)42-41-27(44)25-24(43(46)47)17-22(30(33,34)35)26(40-25)39-23(9-4-2)20-12-14-21(32)15-13-20/h3-4,6-8,10-15,17,23H,1-2,5,9,16,18H2,(H,39,40)(H,41,44)(H,42,45)/t23?,29-/m1/s1. The van der Waals surface area contributed by atoms with Gasteiger partial charge < -0.3 is 10.1 Å². The number of hydrogen-bond donors (Lipinski definition) is 3. The van der Waals surface area contributed by atoms with Crippen LogP contribution in [0.15, 0.2) is 86.0 Å². The van der Waals surface area contributed by atoms with E-state index in [-0.39, 0.29) is 30.0 Å². The molecular formula is C31H28F7N5O5. The number of carbonyl (C=O) groups is 2. The number of carbonyl (C=O) groups excluding carboxylic acids is 2. The number of nitrogens with zero attached hydrogens (tertiary/aromatic N) is 2. The lowest BCUT2D eigenvalue weighted by atomic mass is 9.95. The molecule has 1 aromatic heterocycles. The SMILES string of the molecule is C=CCC[C@@](OCc1ccccc1)(C(=O)NNC(=O)c1nc(NC(CC=C)c2ccc(F)cc2)c(C(F)(F)F)cc1[N+](=O)[O-])C(F)(F)F. The zero-order valence-corrected chi connectivity index (χ0v) is 24.8. The number of allylic oxidation sites excluding steroid dienone is 1. The number of halogens is 7. The first-order chi connectivity index (χ1) is 22.5. The van der Waals surface area contributed by atoms with Crippen molar-refractivity contribution in [3.05, 3.63) is 124 Å². The number of nitrogens with one attached hydrogen (secondary N) is 3. The Kier molecular flexibility index (Phi) is 12.0. The third-order valence-corrected chi connectivity index (χ3v) is 6.85. The van der Waals surface area contributed by atoms with E-state index in [1.165, 1.54) is 47.9 Å². The van der Waals surface area contributed by atoms with E-state index in [9.17, 15) is 50.4 Å². The lowest BCUT2D eigenvalue weighted by Crippen LogP contribution is -2.61. The molecule has 17 heteroatoms. The van der Waals surface area contributed by atoms with Crippen molar-refractivity contribution in [1.29, 1.82) is 0 Å². The quantitative estimate of drug-likeness (QED) is 0.0713. The summed E-state index contributed by atoms with van der Waals surface area (Å²) in [4.78, 5) is 40.1. The second kappa shape index (κ2) is 15.5. The van der Waals surface area contributed by atoms with Gasteiger partial charge in [0.05, 0.1) is 17.6 Å². The maximum Gasteiger partial charge on any atom is 0.426 e. The maximum absolute atomic E-state index is 14.4. The van der Waals surface area contributed by atoms with Gasteiger partial charge in [-0.2, -0.15) is 26.3 Å². The molecule has 256 valence electrons. The van der Waals surface area contributed by atoms with E-state index >= 15 is 0 Å². The summed E-state index contributed by atoms with van der Waals surface area (Å²) in [7, 11) is 0. The van der Waals surface area contributed by atoms with Crippen molar-refractivity contribution in [2.45, 2.75) is 49.9 Å². The lowest BCUT2D eigenvalue weighted by molar-refractivity contribution is -0.385. The van der Waals surface area contributed by atoms with Gasteiger partial charge in [0.15, 0.2) is 0 Å². The Morgan fingerprint density at radius 1 is 0.979 bits per heavy atom. The molecule has 3 rings (SSSR count).